The Morgan fingerprint density at radius 2 is 2.05 bits per heavy atom. The van der Waals surface area contributed by atoms with E-state index in [0.717, 1.165) is 30.3 Å². The van der Waals surface area contributed by atoms with Crippen LogP contribution in [0.2, 0.25) is 0 Å². The van der Waals surface area contributed by atoms with Crippen molar-refractivity contribution in [2.75, 3.05) is 5.32 Å². The fourth-order valence-corrected chi connectivity index (χ4v) is 3.61. The summed E-state index contributed by atoms with van der Waals surface area (Å²) in [4.78, 5) is 12.5. The molecule has 0 bridgehead atoms. The Kier molecular flexibility index (Phi) is 3.45. The summed E-state index contributed by atoms with van der Waals surface area (Å²) < 4.78 is 1.20. The van der Waals surface area contributed by atoms with Crippen LogP contribution in [-0.4, -0.2) is 5.91 Å². The van der Waals surface area contributed by atoms with Gasteiger partial charge < -0.3 is 5.32 Å². The first-order valence-corrected chi connectivity index (χ1v) is 7.81. The number of fused-ring (bicyclic) bond motifs is 1. The Balaban J connectivity index is 1.82. The van der Waals surface area contributed by atoms with E-state index < -0.39 is 5.41 Å². The number of hydrogen-bond acceptors (Lipinski definition) is 3. The van der Waals surface area contributed by atoms with Crippen LogP contribution in [0.5, 0.6) is 0 Å². The summed E-state index contributed by atoms with van der Waals surface area (Å²) >= 11 is 1.68. The standard InChI is InChI=1S/C16H16N2OS/c17-11-16(7-2-1-3-8-16)15(19)18-13-4-5-14-12(10-13)6-9-20-14/h4-6,9-10H,1-3,7-8H2,(H,18,19). The zero-order chi connectivity index (χ0) is 14.0. The molecule has 1 heterocycles. The summed E-state index contributed by atoms with van der Waals surface area (Å²) in [6, 6.07) is 10.2. The molecule has 3 rings (SSSR count). The van der Waals surface area contributed by atoms with Crippen LogP contribution in [0.25, 0.3) is 10.1 Å². The van der Waals surface area contributed by atoms with E-state index in [0.29, 0.717) is 12.8 Å². The SMILES string of the molecule is N#CC1(C(=O)Nc2ccc3sccc3c2)CCCCC1. The molecule has 0 unspecified atom stereocenters. The molecule has 2 aromatic rings. The van der Waals surface area contributed by atoms with Gasteiger partial charge in [0.2, 0.25) is 5.91 Å². The van der Waals surface area contributed by atoms with Gasteiger partial charge in [-0.2, -0.15) is 5.26 Å². The Bertz CT molecular complexity index is 677. The molecule has 1 fully saturated rings. The number of nitriles is 1. The number of rotatable bonds is 2. The van der Waals surface area contributed by atoms with E-state index >= 15 is 0 Å². The van der Waals surface area contributed by atoms with Gasteiger partial charge in [0, 0.05) is 10.4 Å². The van der Waals surface area contributed by atoms with Crippen LogP contribution in [0.1, 0.15) is 32.1 Å². The molecule has 1 aliphatic rings. The zero-order valence-corrected chi connectivity index (χ0v) is 12.0. The maximum absolute atomic E-state index is 12.5. The van der Waals surface area contributed by atoms with Gasteiger partial charge in [0.15, 0.2) is 0 Å². The van der Waals surface area contributed by atoms with Crippen molar-refractivity contribution in [2.45, 2.75) is 32.1 Å². The van der Waals surface area contributed by atoms with Crippen molar-refractivity contribution in [2.24, 2.45) is 5.41 Å². The van der Waals surface area contributed by atoms with E-state index in [1.807, 2.05) is 29.6 Å². The number of nitrogens with one attached hydrogen (secondary N) is 1. The number of carbonyl (C=O) groups is 1. The molecule has 1 aliphatic carbocycles. The van der Waals surface area contributed by atoms with Crippen molar-refractivity contribution >= 4 is 33.0 Å². The van der Waals surface area contributed by atoms with E-state index in [9.17, 15) is 10.1 Å². The molecule has 1 aromatic carbocycles. The molecule has 1 N–H and O–H groups in total. The van der Waals surface area contributed by atoms with Crippen molar-refractivity contribution in [1.82, 2.24) is 0 Å². The van der Waals surface area contributed by atoms with E-state index in [1.165, 1.54) is 4.70 Å². The molecule has 3 nitrogen and oxygen atoms in total. The summed E-state index contributed by atoms with van der Waals surface area (Å²) in [5, 5.41) is 15.5. The maximum Gasteiger partial charge on any atom is 0.244 e. The molecule has 0 spiro atoms. The molecule has 1 amide bonds. The fourth-order valence-electron chi connectivity index (χ4n) is 2.84. The van der Waals surface area contributed by atoms with Gasteiger partial charge in [-0.3, -0.25) is 4.79 Å². The fraction of sp³-hybridized carbons (Fsp3) is 0.375. The highest BCUT2D eigenvalue weighted by molar-refractivity contribution is 7.17. The monoisotopic (exact) mass is 284 g/mol. The number of thiophene rings is 1. The molecule has 102 valence electrons. The summed E-state index contributed by atoms with van der Waals surface area (Å²) in [5.74, 6) is -0.144. The smallest absolute Gasteiger partial charge is 0.244 e. The van der Waals surface area contributed by atoms with Crippen molar-refractivity contribution in [3.05, 3.63) is 29.6 Å². The van der Waals surface area contributed by atoms with Gasteiger partial charge in [-0.05, 0) is 47.9 Å². The first-order valence-electron chi connectivity index (χ1n) is 6.93. The molecule has 0 radical (unpaired) electrons. The lowest BCUT2D eigenvalue weighted by atomic mass is 9.74. The predicted molar refractivity (Wildman–Crippen MR) is 81.6 cm³/mol. The molecular weight excluding hydrogens is 268 g/mol. The third-order valence-corrected chi connectivity index (χ3v) is 4.96. The second-order valence-corrected chi connectivity index (χ2v) is 6.33. The zero-order valence-electron chi connectivity index (χ0n) is 11.2. The number of amides is 1. The lowest BCUT2D eigenvalue weighted by Gasteiger charge is -2.29. The van der Waals surface area contributed by atoms with E-state index in [2.05, 4.69) is 11.4 Å². The molecule has 1 aromatic heterocycles. The molecule has 0 saturated heterocycles. The number of anilines is 1. The Labute approximate surface area is 122 Å². The number of carbonyl (C=O) groups excluding carboxylic acids is 1. The minimum absolute atomic E-state index is 0.144. The van der Waals surface area contributed by atoms with Crippen molar-refractivity contribution < 1.29 is 4.79 Å². The Hall–Kier alpha value is -1.86. The highest BCUT2D eigenvalue weighted by Crippen LogP contribution is 2.37. The Morgan fingerprint density at radius 3 is 2.80 bits per heavy atom. The quantitative estimate of drug-likeness (QED) is 0.893. The molecule has 4 heteroatoms. The molecule has 20 heavy (non-hydrogen) atoms. The largest absolute Gasteiger partial charge is 0.325 e. The summed E-state index contributed by atoms with van der Waals surface area (Å²) in [6.45, 7) is 0. The normalized spacial score (nSPS) is 17.6. The van der Waals surface area contributed by atoms with Crippen LogP contribution < -0.4 is 5.32 Å². The van der Waals surface area contributed by atoms with Crippen LogP contribution in [-0.2, 0) is 4.79 Å². The topological polar surface area (TPSA) is 52.9 Å². The minimum atomic E-state index is -0.831. The lowest BCUT2D eigenvalue weighted by Crippen LogP contribution is -2.36. The number of nitrogens with zero attached hydrogens (tertiary/aromatic N) is 1. The minimum Gasteiger partial charge on any atom is -0.325 e. The van der Waals surface area contributed by atoms with Gasteiger partial charge in [-0.15, -0.1) is 11.3 Å². The molecular formula is C16H16N2OS. The van der Waals surface area contributed by atoms with Crippen LogP contribution in [0, 0.1) is 16.7 Å². The van der Waals surface area contributed by atoms with Gasteiger partial charge in [-0.25, -0.2) is 0 Å². The van der Waals surface area contributed by atoms with Crippen LogP contribution in [0.3, 0.4) is 0 Å². The molecule has 0 aliphatic heterocycles. The van der Waals surface area contributed by atoms with Crippen molar-refractivity contribution in [3.63, 3.8) is 0 Å². The van der Waals surface area contributed by atoms with Gasteiger partial charge in [0.25, 0.3) is 0 Å². The van der Waals surface area contributed by atoms with Gasteiger partial charge >= 0.3 is 0 Å². The summed E-state index contributed by atoms with van der Waals surface area (Å²) in [6.07, 6.45) is 4.40. The second-order valence-electron chi connectivity index (χ2n) is 5.38. The summed E-state index contributed by atoms with van der Waals surface area (Å²) in [7, 11) is 0. The average molecular weight is 284 g/mol. The van der Waals surface area contributed by atoms with E-state index in [1.54, 1.807) is 11.3 Å². The number of benzene rings is 1. The van der Waals surface area contributed by atoms with Gasteiger partial charge in [0.1, 0.15) is 5.41 Å². The second kappa shape index (κ2) is 5.26. The van der Waals surface area contributed by atoms with Crippen molar-refractivity contribution in [3.8, 4) is 6.07 Å². The average Bonchev–Trinajstić information content (AvgIpc) is 2.95. The van der Waals surface area contributed by atoms with Gasteiger partial charge in [-0.1, -0.05) is 19.3 Å². The highest BCUT2D eigenvalue weighted by Gasteiger charge is 2.39. The van der Waals surface area contributed by atoms with Crippen LogP contribution >= 0.6 is 11.3 Å². The van der Waals surface area contributed by atoms with E-state index in [4.69, 9.17) is 0 Å². The van der Waals surface area contributed by atoms with Crippen LogP contribution in [0.15, 0.2) is 29.6 Å². The van der Waals surface area contributed by atoms with Gasteiger partial charge in [0.05, 0.1) is 6.07 Å². The molecule has 0 atom stereocenters. The third-order valence-electron chi connectivity index (χ3n) is 4.07. The molecule has 1 saturated carbocycles. The van der Waals surface area contributed by atoms with Crippen LogP contribution in [0.4, 0.5) is 5.69 Å². The van der Waals surface area contributed by atoms with Crippen molar-refractivity contribution in [1.29, 1.82) is 5.26 Å². The third kappa shape index (κ3) is 2.30. The number of hydrogen-bond donors (Lipinski definition) is 1. The highest BCUT2D eigenvalue weighted by atomic mass is 32.1. The summed E-state index contributed by atoms with van der Waals surface area (Å²) in [5.41, 5.74) is -0.0527. The maximum atomic E-state index is 12.5. The predicted octanol–water partition coefficient (Wildman–Crippen LogP) is 4.31. The Morgan fingerprint density at radius 1 is 1.25 bits per heavy atom. The first-order chi connectivity index (χ1) is 9.73. The van der Waals surface area contributed by atoms with E-state index in [-0.39, 0.29) is 5.91 Å². The lowest BCUT2D eigenvalue weighted by molar-refractivity contribution is -0.124. The first kappa shape index (κ1) is 13.1.